The molecule has 3 heterocycles. The van der Waals surface area contributed by atoms with Gasteiger partial charge in [0.05, 0.1) is 19.9 Å². The van der Waals surface area contributed by atoms with Crippen LogP contribution in [0.25, 0.3) is 0 Å². The summed E-state index contributed by atoms with van der Waals surface area (Å²) in [4.78, 5) is 21.0. The molecule has 3 aromatic rings. The van der Waals surface area contributed by atoms with Crippen molar-refractivity contribution < 1.29 is 9.47 Å². The molecule has 0 amide bonds. The van der Waals surface area contributed by atoms with Gasteiger partial charge in [0.25, 0.3) is 5.56 Å². The molecule has 156 valence electrons. The minimum absolute atomic E-state index is 0.199. The lowest BCUT2D eigenvalue weighted by Crippen LogP contribution is -2.24. The molecule has 0 saturated heterocycles. The highest BCUT2D eigenvalue weighted by atomic mass is 16.5. The fourth-order valence-corrected chi connectivity index (χ4v) is 3.41. The predicted molar refractivity (Wildman–Crippen MR) is 113 cm³/mol. The number of aromatic nitrogens is 4. The van der Waals surface area contributed by atoms with Gasteiger partial charge in [-0.15, -0.1) is 5.10 Å². The Morgan fingerprint density at radius 1 is 1.23 bits per heavy atom. The van der Waals surface area contributed by atoms with Gasteiger partial charge in [0.2, 0.25) is 5.88 Å². The van der Waals surface area contributed by atoms with Gasteiger partial charge in [-0.3, -0.25) is 14.8 Å². The van der Waals surface area contributed by atoms with Crippen LogP contribution in [-0.4, -0.2) is 33.5 Å². The molecule has 2 atom stereocenters. The molecule has 1 fully saturated rings. The number of rotatable bonds is 8. The van der Waals surface area contributed by atoms with Crippen LogP contribution in [0.1, 0.15) is 29.2 Å². The largest absolute Gasteiger partial charge is 0.495 e. The molecule has 0 aromatic carbocycles. The van der Waals surface area contributed by atoms with Crippen molar-refractivity contribution in [1.29, 1.82) is 0 Å². The molecule has 1 saturated carbocycles. The van der Waals surface area contributed by atoms with E-state index >= 15 is 0 Å². The lowest BCUT2D eigenvalue weighted by molar-refractivity contribution is 0.278. The summed E-state index contributed by atoms with van der Waals surface area (Å²) < 4.78 is 12.3. The third-order valence-electron chi connectivity index (χ3n) is 5.20. The van der Waals surface area contributed by atoms with Gasteiger partial charge in [-0.2, -0.15) is 0 Å². The summed E-state index contributed by atoms with van der Waals surface area (Å²) >= 11 is 0. The minimum atomic E-state index is -0.199. The Labute approximate surface area is 174 Å². The number of hydrogen-bond acceptors (Lipinski definition) is 7. The number of hydrogen-bond donors (Lipinski definition) is 1. The maximum Gasteiger partial charge on any atom is 0.290 e. The molecule has 4 rings (SSSR count). The van der Waals surface area contributed by atoms with Crippen molar-refractivity contribution in [2.75, 3.05) is 19.0 Å². The highest BCUT2D eigenvalue weighted by Crippen LogP contribution is 2.46. The molecule has 0 radical (unpaired) electrons. The summed E-state index contributed by atoms with van der Waals surface area (Å²) in [7, 11) is 3.25. The molecule has 0 aliphatic heterocycles. The molecule has 3 aromatic heterocycles. The van der Waals surface area contributed by atoms with Gasteiger partial charge in [0.1, 0.15) is 11.4 Å². The topological polar surface area (TPSA) is 91.2 Å². The SMILES string of the molecule is COc1ccc(C2CC2COc2cc(NCc3cncc(C)c3)c(=O)n(C)n2)nc1. The first-order valence-electron chi connectivity index (χ1n) is 9.89. The molecule has 1 aliphatic carbocycles. The maximum atomic E-state index is 12.4. The van der Waals surface area contributed by atoms with Crippen molar-refractivity contribution in [1.82, 2.24) is 19.7 Å². The van der Waals surface area contributed by atoms with E-state index in [-0.39, 0.29) is 5.56 Å². The van der Waals surface area contributed by atoms with Gasteiger partial charge in [-0.1, -0.05) is 6.07 Å². The molecule has 2 unspecified atom stereocenters. The van der Waals surface area contributed by atoms with Crippen molar-refractivity contribution in [3.63, 3.8) is 0 Å². The van der Waals surface area contributed by atoms with Gasteiger partial charge in [-0.05, 0) is 36.6 Å². The van der Waals surface area contributed by atoms with Gasteiger partial charge in [0, 0.05) is 49.6 Å². The van der Waals surface area contributed by atoms with E-state index in [1.807, 2.05) is 25.1 Å². The summed E-state index contributed by atoms with van der Waals surface area (Å²) in [6.45, 7) is 3.02. The fourth-order valence-electron chi connectivity index (χ4n) is 3.41. The molecular formula is C22H25N5O3. The zero-order valence-electron chi connectivity index (χ0n) is 17.3. The van der Waals surface area contributed by atoms with E-state index in [2.05, 4.69) is 20.4 Å². The Kier molecular flexibility index (Phi) is 5.65. The van der Waals surface area contributed by atoms with Crippen LogP contribution in [0.4, 0.5) is 5.69 Å². The molecule has 8 nitrogen and oxygen atoms in total. The Bertz CT molecular complexity index is 1080. The van der Waals surface area contributed by atoms with E-state index in [1.165, 1.54) is 4.68 Å². The van der Waals surface area contributed by atoms with Crippen LogP contribution < -0.4 is 20.3 Å². The molecular weight excluding hydrogens is 382 g/mol. The minimum Gasteiger partial charge on any atom is -0.495 e. The highest BCUT2D eigenvalue weighted by Gasteiger charge is 2.40. The first-order chi connectivity index (χ1) is 14.5. The Balaban J connectivity index is 1.37. The zero-order chi connectivity index (χ0) is 21.1. The van der Waals surface area contributed by atoms with Gasteiger partial charge < -0.3 is 14.8 Å². The molecule has 0 spiro atoms. The second-order valence-electron chi connectivity index (χ2n) is 7.59. The standard InChI is InChI=1S/C22H25N5O3/c1-14-6-15(10-23-9-14)11-24-20-8-21(26-27(2)22(20)28)30-13-16-7-18(16)19-5-4-17(29-3)12-25-19/h4-6,8-10,12,16,18,24H,7,11,13H2,1-3H3. The van der Waals surface area contributed by atoms with Gasteiger partial charge in [-0.25, -0.2) is 4.68 Å². The third-order valence-corrected chi connectivity index (χ3v) is 5.20. The van der Waals surface area contributed by atoms with E-state index in [9.17, 15) is 4.79 Å². The van der Waals surface area contributed by atoms with Crippen molar-refractivity contribution in [3.8, 4) is 11.6 Å². The summed E-state index contributed by atoms with van der Waals surface area (Å²) in [6, 6.07) is 7.61. The predicted octanol–water partition coefficient (Wildman–Crippen LogP) is 2.68. The highest BCUT2D eigenvalue weighted by molar-refractivity contribution is 5.44. The quantitative estimate of drug-likeness (QED) is 0.614. The average molecular weight is 407 g/mol. The monoisotopic (exact) mass is 407 g/mol. The van der Waals surface area contributed by atoms with E-state index in [0.717, 1.165) is 29.0 Å². The Hall–Kier alpha value is -3.42. The summed E-state index contributed by atoms with van der Waals surface area (Å²) in [5.74, 6) is 1.95. The lowest BCUT2D eigenvalue weighted by Gasteiger charge is -2.11. The number of pyridine rings is 2. The van der Waals surface area contributed by atoms with E-state index < -0.39 is 0 Å². The van der Waals surface area contributed by atoms with Crippen LogP contribution in [0, 0.1) is 12.8 Å². The molecule has 1 N–H and O–H groups in total. The maximum absolute atomic E-state index is 12.4. The summed E-state index contributed by atoms with van der Waals surface area (Å²) in [5.41, 5.74) is 3.38. The van der Waals surface area contributed by atoms with Crippen LogP contribution in [0.15, 0.2) is 47.7 Å². The van der Waals surface area contributed by atoms with Crippen LogP contribution in [0.5, 0.6) is 11.6 Å². The molecule has 1 aliphatic rings. The lowest BCUT2D eigenvalue weighted by atomic mass is 10.2. The molecule has 0 bridgehead atoms. The number of methoxy groups -OCH3 is 1. The second kappa shape index (κ2) is 8.52. The number of ether oxygens (including phenoxy) is 2. The molecule has 30 heavy (non-hydrogen) atoms. The first-order valence-corrected chi connectivity index (χ1v) is 9.89. The number of nitrogens with one attached hydrogen (secondary N) is 1. The van der Waals surface area contributed by atoms with Crippen LogP contribution in [0.3, 0.4) is 0 Å². The van der Waals surface area contributed by atoms with E-state index in [1.54, 1.807) is 38.8 Å². The van der Waals surface area contributed by atoms with E-state index in [4.69, 9.17) is 9.47 Å². The fraction of sp³-hybridized carbons (Fsp3) is 0.364. The zero-order valence-corrected chi connectivity index (χ0v) is 17.3. The second-order valence-corrected chi connectivity index (χ2v) is 7.59. The van der Waals surface area contributed by atoms with Crippen LogP contribution in [-0.2, 0) is 13.6 Å². The first kappa shape index (κ1) is 19.9. The van der Waals surface area contributed by atoms with Gasteiger partial charge in [0.15, 0.2) is 0 Å². The number of anilines is 1. The van der Waals surface area contributed by atoms with Crippen LogP contribution in [0.2, 0.25) is 0 Å². The smallest absolute Gasteiger partial charge is 0.290 e. The number of nitrogens with zero attached hydrogens (tertiary/aromatic N) is 4. The Morgan fingerprint density at radius 2 is 2.10 bits per heavy atom. The third kappa shape index (κ3) is 4.59. The van der Waals surface area contributed by atoms with Crippen molar-refractivity contribution in [3.05, 3.63) is 70.0 Å². The van der Waals surface area contributed by atoms with Crippen molar-refractivity contribution >= 4 is 5.69 Å². The normalized spacial score (nSPS) is 17.4. The average Bonchev–Trinajstić information content (AvgIpc) is 3.53. The van der Waals surface area contributed by atoms with Gasteiger partial charge >= 0.3 is 0 Å². The van der Waals surface area contributed by atoms with Crippen LogP contribution >= 0.6 is 0 Å². The molecule has 8 heteroatoms. The summed E-state index contributed by atoms with van der Waals surface area (Å²) in [6.07, 6.45) is 6.34. The van der Waals surface area contributed by atoms with Crippen molar-refractivity contribution in [2.45, 2.75) is 25.8 Å². The Morgan fingerprint density at radius 3 is 2.83 bits per heavy atom. The van der Waals surface area contributed by atoms with Crippen molar-refractivity contribution in [2.24, 2.45) is 13.0 Å². The van der Waals surface area contributed by atoms with E-state index in [0.29, 0.717) is 36.6 Å². The number of aryl methyl sites for hydroxylation is 2. The summed E-state index contributed by atoms with van der Waals surface area (Å²) in [5, 5.41) is 7.39.